The van der Waals surface area contributed by atoms with Gasteiger partial charge in [-0.05, 0) is 29.1 Å². The SMILES string of the molecule is CC(C)c1ccc(C#CCCN=[N+]=[N-])cc1. The Labute approximate surface area is 96.1 Å². The van der Waals surface area contributed by atoms with Crippen LogP contribution in [0.5, 0.6) is 0 Å². The Kier molecular flexibility index (Phi) is 4.98. The van der Waals surface area contributed by atoms with Gasteiger partial charge in [0.1, 0.15) is 0 Å². The first-order valence-corrected chi connectivity index (χ1v) is 5.33. The van der Waals surface area contributed by atoms with Crippen LogP contribution in [0.1, 0.15) is 37.3 Å². The van der Waals surface area contributed by atoms with Crippen molar-refractivity contribution in [2.24, 2.45) is 5.11 Å². The quantitative estimate of drug-likeness (QED) is 0.241. The van der Waals surface area contributed by atoms with Crippen LogP contribution in [-0.4, -0.2) is 6.54 Å². The molecule has 0 unspecified atom stereocenters. The summed E-state index contributed by atoms with van der Waals surface area (Å²) in [4.78, 5) is 2.67. The first-order valence-electron chi connectivity index (χ1n) is 5.33. The maximum Gasteiger partial charge on any atom is 0.0367 e. The zero-order valence-electron chi connectivity index (χ0n) is 9.64. The number of hydrogen-bond donors (Lipinski definition) is 0. The molecule has 0 bridgehead atoms. The van der Waals surface area contributed by atoms with Crippen molar-refractivity contribution in [3.63, 3.8) is 0 Å². The topological polar surface area (TPSA) is 48.8 Å². The van der Waals surface area contributed by atoms with Gasteiger partial charge in [0.25, 0.3) is 0 Å². The Bertz CT molecular complexity index is 428. The van der Waals surface area contributed by atoms with Crippen LogP contribution in [0.4, 0.5) is 0 Å². The van der Waals surface area contributed by atoms with E-state index in [0.717, 1.165) is 5.56 Å². The Morgan fingerprint density at radius 3 is 2.56 bits per heavy atom. The van der Waals surface area contributed by atoms with E-state index < -0.39 is 0 Å². The molecule has 0 heterocycles. The maximum absolute atomic E-state index is 8.08. The first kappa shape index (κ1) is 12.2. The van der Waals surface area contributed by atoms with Gasteiger partial charge in [-0.15, -0.1) is 0 Å². The van der Waals surface area contributed by atoms with E-state index in [9.17, 15) is 0 Å². The number of hydrogen-bond acceptors (Lipinski definition) is 1. The van der Waals surface area contributed by atoms with Gasteiger partial charge in [0.05, 0.1) is 0 Å². The molecule has 16 heavy (non-hydrogen) atoms. The minimum absolute atomic E-state index is 0.438. The lowest BCUT2D eigenvalue weighted by molar-refractivity contribution is 0.866. The molecule has 0 spiro atoms. The fraction of sp³-hybridized carbons (Fsp3) is 0.385. The third-order valence-electron chi connectivity index (χ3n) is 2.21. The maximum atomic E-state index is 8.08. The average Bonchev–Trinajstić information content (AvgIpc) is 2.29. The third-order valence-corrected chi connectivity index (χ3v) is 2.21. The predicted molar refractivity (Wildman–Crippen MR) is 66.0 cm³/mol. The second kappa shape index (κ2) is 6.55. The van der Waals surface area contributed by atoms with Crippen molar-refractivity contribution in [3.05, 3.63) is 45.8 Å². The molecule has 0 aliphatic heterocycles. The molecule has 1 aromatic rings. The number of rotatable bonds is 3. The van der Waals surface area contributed by atoms with Crippen LogP contribution >= 0.6 is 0 Å². The molecule has 3 nitrogen and oxygen atoms in total. The molecule has 0 amide bonds. The van der Waals surface area contributed by atoms with E-state index in [1.807, 2.05) is 12.1 Å². The lowest BCUT2D eigenvalue weighted by Crippen LogP contribution is -1.86. The van der Waals surface area contributed by atoms with Crippen LogP contribution in [0.15, 0.2) is 29.4 Å². The van der Waals surface area contributed by atoms with Gasteiger partial charge in [-0.3, -0.25) is 0 Å². The number of azide groups is 1. The second-order valence-corrected chi connectivity index (χ2v) is 3.78. The number of nitrogens with zero attached hydrogens (tertiary/aromatic N) is 3. The average molecular weight is 213 g/mol. The summed E-state index contributed by atoms with van der Waals surface area (Å²) in [5, 5.41) is 3.42. The van der Waals surface area contributed by atoms with E-state index in [1.165, 1.54) is 5.56 Å². The minimum atomic E-state index is 0.438. The van der Waals surface area contributed by atoms with Gasteiger partial charge in [-0.1, -0.05) is 42.9 Å². The van der Waals surface area contributed by atoms with Crippen molar-refractivity contribution in [1.29, 1.82) is 0 Å². The summed E-state index contributed by atoms with van der Waals surface area (Å²) < 4.78 is 0. The molecule has 0 aliphatic carbocycles. The normalized spacial score (nSPS) is 9.19. The fourth-order valence-electron chi connectivity index (χ4n) is 1.27. The van der Waals surface area contributed by atoms with Crippen LogP contribution in [0.25, 0.3) is 10.4 Å². The van der Waals surface area contributed by atoms with Gasteiger partial charge in [0, 0.05) is 23.4 Å². The van der Waals surface area contributed by atoms with Crippen LogP contribution in [0.2, 0.25) is 0 Å². The highest BCUT2D eigenvalue weighted by molar-refractivity contribution is 5.36. The van der Waals surface area contributed by atoms with Gasteiger partial charge in [-0.25, -0.2) is 0 Å². The summed E-state index contributed by atoms with van der Waals surface area (Å²) in [5.74, 6) is 6.55. The zero-order chi connectivity index (χ0) is 11.8. The Morgan fingerprint density at radius 2 is 2.00 bits per heavy atom. The molecular formula is C13H15N3. The molecule has 1 aromatic carbocycles. The lowest BCUT2D eigenvalue weighted by Gasteiger charge is -2.03. The third kappa shape index (κ3) is 4.08. The molecule has 3 heteroatoms. The standard InChI is InChI=1S/C13H15N3/c1-11(2)13-8-6-12(7-9-13)5-3-4-10-15-16-14/h6-9,11H,4,10H2,1-2H3. The van der Waals surface area contributed by atoms with Crippen molar-refractivity contribution in [1.82, 2.24) is 0 Å². The summed E-state index contributed by atoms with van der Waals surface area (Å²) in [6.07, 6.45) is 0.607. The highest BCUT2D eigenvalue weighted by Gasteiger charge is 1.96. The summed E-state index contributed by atoms with van der Waals surface area (Å²) in [6, 6.07) is 8.25. The highest BCUT2D eigenvalue weighted by atomic mass is 15.1. The summed E-state index contributed by atoms with van der Waals surface area (Å²) in [6.45, 7) is 4.77. The summed E-state index contributed by atoms with van der Waals surface area (Å²) in [5.41, 5.74) is 10.4. The van der Waals surface area contributed by atoms with E-state index in [-0.39, 0.29) is 0 Å². The predicted octanol–water partition coefficient (Wildman–Crippen LogP) is 3.86. The molecule has 1 rings (SSSR count). The fourth-order valence-corrected chi connectivity index (χ4v) is 1.27. The van der Waals surface area contributed by atoms with Crippen molar-refractivity contribution in [2.45, 2.75) is 26.2 Å². The Morgan fingerprint density at radius 1 is 1.31 bits per heavy atom. The minimum Gasteiger partial charge on any atom is -0.0978 e. The Balaban J connectivity index is 2.57. The monoisotopic (exact) mass is 213 g/mol. The summed E-state index contributed by atoms with van der Waals surface area (Å²) in [7, 11) is 0. The van der Waals surface area contributed by atoms with E-state index in [0.29, 0.717) is 18.9 Å². The largest absolute Gasteiger partial charge is 0.0978 e. The van der Waals surface area contributed by atoms with Crippen LogP contribution < -0.4 is 0 Å². The van der Waals surface area contributed by atoms with E-state index in [4.69, 9.17) is 5.53 Å². The molecule has 0 atom stereocenters. The van der Waals surface area contributed by atoms with Crippen molar-refractivity contribution < 1.29 is 0 Å². The lowest BCUT2D eigenvalue weighted by atomic mass is 10.0. The molecule has 0 radical (unpaired) electrons. The van der Waals surface area contributed by atoms with Crippen LogP contribution in [-0.2, 0) is 0 Å². The molecule has 0 saturated carbocycles. The van der Waals surface area contributed by atoms with Gasteiger partial charge >= 0.3 is 0 Å². The molecule has 0 fully saturated rings. The van der Waals surface area contributed by atoms with Crippen molar-refractivity contribution >= 4 is 0 Å². The second-order valence-electron chi connectivity index (χ2n) is 3.78. The molecular weight excluding hydrogens is 198 g/mol. The van der Waals surface area contributed by atoms with E-state index >= 15 is 0 Å². The number of benzene rings is 1. The Hall–Kier alpha value is -1.91. The van der Waals surface area contributed by atoms with Gasteiger partial charge in [0.15, 0.2) is 0 Å². The van der Waals surface area contributed by atoms with Gasteiger partial charge < -0.3 is 0 Å². The molecule has 82 valence electrons. The summed E-state index contributed by atoms with van der Waals surface area (Å²) >= 11 is 0. The van der Waals surface area contributed by atoms with Crippen molar-refractivity contribution in [2.75, 3.05) is 6.54 Å². The van der Waals surface area contributed by atoms with Crippen LogP contribution in [0, 0.1) is 11.8 Å². The molecule has 0 aliphatic rings. The zero-order valence-corrected chi connectivity index (χ0v) is 9.64. The smallest absolute Gasteiger partial charge is 0.0367 e. The molecule has 0 saturated heterocycles. The highest BCUT2D eigenvalue weighted by Crippen LogP contribution is 2.14. The van der Waals surface area contributed by atoms with Crippen LogP contribution in [0.3, 0.4) is 0 Å². The van der Waals surface area contributed by atoms with E-state index in [2.05, 4.69) is 47.8 Å². The molecule has 0 N–H and O–H groups in total. The van der Waals surface area contributed by atoms with Gasteiger partial charge in [0.2, 0.25) is 0 Å². The molecule has 0 aromatic heterocycles. The first-order chi connectivity index (χ1) is 7.74. The van der Waals surface area contributed by atoms with Gasteiger partial charge in [-0.2, -0.15) is 0 Å². The van der Waals surface area contributed by atoms with Crippen molar-refractivity contribution in [3.8, 4) is 11.8 Å². The van der Waals surface area contributed by atoms with E-state index in [1.54, 1.807) is 0 Å².